The Morgan fingerprint density at radius 3 is 2.67 bits per heavy atom. The molecule has 1 heterocycles. The van der Waals surface area contributed by atoms with Gasteiger partial charge in [0.2, 0.25) is 0 Å². The van der Waals surface area contributed by atoms with Crippen LogP contribution < -0.4 is 10.6 Å². The lowest BCUT2D eigenvalue weighted by Gasteiger charge is -2.08. The summed E-state index contributed by atoms with van der Waals surface area (Å²) < 4.78 is 0. The molecule has 0 aliphatic heterocycles. The number of benzene rings is 1. The van der Waals surface area contributed by atoms with E-state index in [1.165, 1.54) is 5.56 Å². The van der Waals surface area contributed by atoms with Gasteiger partial charge in [-0.05, 0) is 31.0 Å². The number of carbonyl (C=O) groups is 1. The van der Waals surface area contributed by atoms with Crippen LogP contribution in [0.4, 0.5) is 5.82 Å². The summed E-state index contributed by atoms with van der Waals surface area (Å²) >= 11 is 0. The first-order chi connectivity index (χ1) is 10.2. The lowest BCUT2D eigenvalue weighted by atomic mass is 10.1. The number of nitrogens with zero attached hydrogens (tertiary/aromatic N) is 1. The van der Waals surface area contributed by atoms with Crippen molar-refractivity contribution in [2.75, 3.05) is 11.9 Å². The second kappa shape index (κ2) is 7.43. The van der Waals surface area contributed by atoms with Gasteiger partial charge in [-0.3, -0.25) is 4.79 Å². The number of anilines is 1. The van der Waals surface area contributed by atoms with Crippen LogP contribution in [0.15, 0.2) is 42.6 Å². The Bertz CT molecular complexity index is 593. The van der Waals surface area contributed by atoms with Gasteiger partial charge in [0, 0.05) is 24.8 Å². The number of amides is 1. The first kappa shape index (κ1) is 15.0. The molecule has 4 nitrogen and oxygen atoms in total. The summed E-state index contributed by atoms with van der Waals surface area (Å²) in [5.74, 6) is 0.650. The predicted molar refractivity (Wildman–Crippen MR) is 85.4 cm³/mol. The molecule has 0 aliphatic carbocycles. The number of hydrogen-bond acceptors (Lipinski definition) is 3. The van der Waals surface area contributed by atoms with Gasteiger partial charge in [0.15, 0.2) is 0 Å². The zero-order chi connectivity index (χ0) is 15.1. The molecular formula is C17H21N3O. The summed E-state index contributed by atoms with van der Waals surface area (Å²) in [7, 11) is 0. The summed E-state index contributed by atoms with van der Waals surface area (Å²) in [6, 6.07) is 11.6. The van der Waals surface area contributed by atoms with Gasteiger partial charge in [0.05, 0.1) is 0 Å². The van der Waals surface area contributed by atoms with E-state index in [-0.39, 0.29) is 5.91 Å². The summed E-state index contributed by atoms with van der Waals surface area (Å²) in [6.07, 6.45) is 2.67. The second-order valence-corrected chi connectivity index (χ2v) is 5.02. The quantitative estimate of drug-likeness (QED) is 0.856. The smallest absolute Gasteiger partial charge is 0.251 e. The van der Waals surface area contributed by atoms with E-state index in [2.05, 4.69) is 22.5 Å². The Balaban J connectivity index is 1.95. The van der Waals surface area contributed by atoms with E-state index >= 15 is 0 Å². The van der Waals surface area contributed by atoms with E-state index < -0.39 is 0 Å². The maximum absolute atomic E-state index is 12.1. The lowest BCUT2D eigenvalue weighted by molar-refractivity contribution is 0.0951. The molecule has 4 heteroatoms. The van der Waals surface area contributed by atoms with Crippen molar-refractivity contribution in [2.24, 2.45) is 0 Å². The molecule has 0 unspecified atom stereocenters. The molecule has 0 saturated heterocycles. The zero-order valence-electron chi connectivity index (χ0n) is 12.5. The van der Waals surface area contributed by atoms with Crippen molar-refractivity contribution in [1.82, 2.24) is 10.3 Å². The second-order valence-electron chi connectivity index (χ2n) is 5.02. The molecular weight excluding hydrogens is 262 g/mol. The average Bonchev–Trinajstić information content (AvgIpc) is 2.52. The van der Waals surface area contributed by atoms with Gasteiger partial charge in [0.1, 0.15) is 5.82 Å². The minimum absolute atomic E-state index is 0.0856. The van der Waals surface area contributed by atoms with E-state index in [1.807, 2.05) is 31.2 Å². The van der Waals surface area contributed by atoms with Crippen molar-refractivity contribution >= 4 is 11.7 Å². The Kier molecular flexibility index (Phi) is 5.32. The van der Waals surface area contributed by atoms with Crippen LogP contribution in [0.1, 0.15) is 34.8 Å². The third-order valence-corrected chi connectivity index (χ3v) is 3.15. The normalized spacial score (nSPS) is 10.2. The van der Waals surface area contributed by atoms with Crippen molar-refractivity contribution in [3.05, 3.63) is 59.3 Å². The van der Waals surface area contributed by atoms with Gasteiger partial charge < -0.3 is 10.6 Å². The first-order valence-electron chi connectivity index (χ1n) is 7.22. The molecule has 2 N–H and O–H groups in total. The molecule has 1 aromatic carbocycles. The van der Waals surface area contributed by atoms with E-state index in [4.69, 9.17) is 0 Å². The van der Waals surface area contributed by atoms with Crippen LogP contribution in [-0.4, -0.2) is 17.4 Å². The third kappa shape index (κ3) is 4.60. The molecule has 0 bridgehead atoms. The van der Waals surface area contributed by atoms with Gasteiger partial charge >= 0.3 is 0 Å². The topological polar surface area (TPSA) is 54.0 Å². The number of nitrogens with one attached hydrogen (secondary N) is 2. The fourth-order valence-electron chi connectivity index (χ4n) is 1.91. The molecule has 1 aromatic heterocycles. The van der Waals surface area contributed by atoms with Gasteiger partial charge in [-0.15, -0.1) is 0 Å². The molecule has 1 amide bonds. The van der Waals surface area contributed by atoms with Gasteiger partial charge in [-0.2, -0.15) is 0 Å². The molecule has 0 saturated carbocycles. The van der Waals surface area contributed by atoms with Crippen molar-refractivity contribution in [3.63, 3.8) is 0 Å². The summed E-state index contributed by atoms with van der Waals surface area (Å²) in [5.41, 5.74) is 2.92. The summed E-state index contributed by atoms with van der Waals surface area (Å²) in [6.45, 7) is 5.51. The highest BCUT2D eigenvalue weighted by atomic mass is 16.1. The highest BCUT2D eigenvalue weighted by molar-refractivity contribution is 5.94. The fraction of sp³-hybridized carbons (Fsp3) is 0.294. The number of carbonyl (C=O) groups excluding carboxylic acids is 1. The Morgan fingerprint density at radius 1 is 1.19 bits per heavy atom. The SMILES string of the molecule is CCCNc1cc(C(=O)NCc2ccc(C)cc2)ccn1. The molecule has 0 aliphatic rings. The summed E-state index contributed by atoms with van der Waals surface area (Å²) in [5, 5.41) is 6.10. The molecule has 2 aromatic rings. The fourth-order valence-corrected chi connectivity index (χ4v) is 1.91. The van der Waals surface area contributed by atoms with Crippen LogP contribution in [0.25, 0.3) is 0 Å². The number of aromatic nitrogens is 1. The highest BCUT2D eigenvalue weighted by Crippen LogP contribution is 2.08. The van der Waals surface area contributed by atoms with Gasteiger partial charge in [-0.1, -0.05) is 36.8 Å². The standard InChI is InChI=1S/C17H21N3O/c1-3-9-18-16-11-15(8-10-19-16)17(21)20-12-14-6-4-13(2)5-7-14/h4-8,10-11H,3,9,12H2,1-2H3,(H,18,19)(H,20,21). The van der Waals surface area contributed by atoms with Crippen molar-refractivity contribution < 1.29 is 4.79 Å². The van der Waals surface area contributed by atoms with E-state index in [0.29, 0.717) is 12.1 Å². The van der Waals surface area contributed by atoms with E-state index in [0.717, 1.165) is 24.3 Å². The summed E-state index contributed by atoms with van der Waals surface area (Å²) in [4.78, 5) is 16.3. The molecule has 2 rings (SSSR count). The van der Waals surface area contributed by atoms with Gasteiger partial charge in [0.25, 0.3) is 5.91 Å². The monoisotopic (exact) mass is 283 g/mol. The number of aryl methyl sites for hydroxylation is 1. The van der Waals surface area contributed by atoms with Crippen molar-refractivity contribution in [2.45, 2.75) is 26.8 Å². The Morgan fingerprint density at radius 2 is 1.95 bits per heavy atom. The van der Waals surface area contributed by atoms with Crippen molar-refractivity contribution in [1.29, 1.82) is 0 Å². The molecule has 0 atom stereocenters. The lowest BCUT2D eigenvalue weighted by Crippen LogP contribution is -2.23. The molecule has 21 heavy (non-hydrogen) atoms. The molecule has 0 radical (unpaired) electrons. The maximum Gasteiger partial charge on any atom is 0.251 e. The zero-order valence-corrected chi connectivity index (χ0v) is 12.5. The average molecular weight is 283 g/mol. The Labute approximate surface area is 125 Å². The van der Waals surface area contributed by atoms with Gasteiger partial charge in [-0.25, -0.2) is 4.98 Å². The largest absolute Gasteiger partial charge is 0.370 e. The van der Waals surface area contributed by atoms with Crippen molar-refractivity contribution in [3.8, 4) is 0 Å². The van der Waals surface area contributed by atoms with Crippen LogP contribution in [-0.2, 0) is 6.54 Å². The maximum atomic E-state index is 12.1. The molecule has 0 spiro atoms. The predicted octanol–water partition coefficient (Wildman–Crippen LogP) is 3.14. The number of rotatable bonds is 6. The molecule has 110 valence electrons. The van der Waals surface area contributed by atoms with Crippen LogP contribution >= 0.6 is 0 Å². The number of pyridine rings is 1. The first-order valence-corrected chi connectivity index (χ1v) is 7.22. The third-order valence-electron chi connectivity index (χ3n) is 3.15. The Hall–Kier alpha value is -2.36. The van der Waals surface area contributed by atoms with Crippen LogP contribution in [0, 0.1) is 6.92 Å². The molecule has 0 fully saturated rings. The van der Waals surface area contributed by atoms with Crippen LogP contribution in [0.5, 0.6) is 0 Å². The van der Waals surface area contributed by atoms with E-state index in [1.54, 1.807) is 18.3 Å². The van der Waals surface area contributed by atoms with Crippen LogP contribution in [0.2, 0.25) is 0 Å². The van der Waals surface area contributed by atoms with Crippen LogP contribution in [0.3, 0.4) is 0 Å². The number of hydrogen-bond donors (Lipinski definition) is 2. The minimum Gasteiger partial charge on any atom is -0.370 e. The van der Waals surface area contributed by atoms with E-state index in [9.17, 15) is 4.79 Å². The minimum atomic E-state index is -0.0856. The highest BCUT2D eigenvalue weighted by Gasteiger charge is 2.06.